The molecule has 116 valence electrons. The zero-order chi connectivity index (χ0) is 15.5. The molecule has 2 N–H and O–H groups in total. The Morgan fingerprint density at radius 2 is 2.14 bits per heavy atom. The maximum atomic E-state index is 12.3. The van der Waals surface area contributed by atoms with Crippen LogP contribution >= 0.6 is 11.3 Å². The molecule has 0 unspecified atom stereocenters. The van der Waals surface area contributed by atoms with Gasteiger partial charge in [-0.1, -0.05) is 6.92 Å². The second kappa shape index (κ2) is 6.69. The Bertz CT molecular complexity index is 704. The molecule has 0 spiro atoms. The molecule has 2 aromatic rings. The largest absolute Gasteiger partial charge is 0.352 e. The van der Waals surface area contributed by atoms with Gasteiger partial charge in [-0.05, 0) is 19.5 Å². The van der Waals surface area contributed by atoms with Crippen LogP contribution in [0.1, 0.15) is 22.5 Å². The van der Waals surface area contributed by atoms with E-state index in [-0.39, 0.29) is 11.4 Å². The Kier molecular flexibility index (Phi) is 5.15. The van der Waals surface area contributed by atoms with Crippen LogP contribution in [-0.2, 0) is 30.2 Å². The summed E-state index contributed by atoms with van der Waals surface area (Å²) in [5.74, 6) is 0. The maximum Gasteiger partial charge on any atom is 0.242 e. The van der Waals surface area contributed by atoms with Crippen molar-refractivity contribution in [3.63, 3.8) is 0 Å². The normalized spacial score (nSPS) is 12.0. The molecule has 0 aromatic carbocycles. The third-order valence-corrected chi connectivity index (χ3v) is 5.31. The number of nitrogens with one attached hydrogen (secondary N) is 2. The van der Waals surface area contributed by atoms with Gasteiger partial charge in [0, 0.05) is 36.6 Å². The summed E-state index contributed by atoms with van der Waals surface area (Å²) < 4.78 is 29.0. The lowest BCUT2D eigenvalue weighted by atomic mass is 10.4. The van der Waals surface area contributed by atoms with Gasteiger partial charge in [0.05, 0.1) is 11.4 Å². The fourth-order valence-corrected chi connectivity index (χ4v) is 3.78. The molecule has 2 heterocycles. The highest BCUT2D eigenvalue weighted by Gasteiger charge is 2.17. The van der Waals surface area contributed by atoms with Gasteiger partial charge in [-0.2, -0.15) is 0 Å². The lowest BCUT2D eigenvalue weighted by Crippen LogP contribution is -2.22. The Hall–Kier alpha value is -1.22. The first-order chi connectivity index (χ1) is 9.92. The van der Waals surface area contributed by atoms with E-state index >= 15 is 0 Å². The van der Waals surface area contributed by atoms with Crippen LogP contribution in [0, 0.1) is 6.92 Å². The Labute approximate surface area is 129 Å². The molecule has 0 saturated carbocycles. The maximum absolute atomic E-state index is 12.3. The highest BCUT2D eigenvalue weighted by atomic mass is 32.2. The Balaban J connectivity index is 2.08. The van der Waals surface area contributed by atoms with Gasteiger partial charge in [0.25, 0.3) is 0 Å². The van der Waals surface area contributed by atoms with Crippen LogP contribution in [0.3, 0.4) is 0 Å². The number of hydrogen-bond donors (Lipinski definition) is 2. The van der Waals surface area contributed by atoms with Gasteiger partial charge in [-0.3, -0.25) is 0 Å². The number of hydrogen-bond acceptors (Lipinski definition) is 5. The molecule has 21 heavy (non-hydrogen) atoms. The molecule has 8 heteroatoms. The highest BCUT2D eigenvalue weighted by molar-refractivity contribution is 7.89. The summed E-state index contributed by atoms with van der Waals surface area (Å²) in [5.41, 5.74) is 0.933. The summed E-state index contributed by atoms with van der Waals surface area (Å²) in [7, 11) is -1.66. The zero-order valence-electron chi connectivity index (χ0n) is 12.4. The molecule has 0 bridgehead atoms. The van der Waals surface area contributed by atoms with Crippen LogP contribution in [0.15, 0.2) is 23.4 Å². The lowest BCUT2D eigenvalue weighted by Gasteiger charge is -2.02. The van der Waals surface area contributed by atoms with E-state index in [0.29, 0.717) is 6.54 Å². The van der Waals surface area contributed by atoms with E-state index in [1.165, 1.54) is 11.3 Å². The molecule has 6 nitrogen and oxygen atoms in total. The molecule has 0 saturated heterocycles. The molecule has 0 radical (unpaired) electrons. The predicted molar refractivity (Wildman–Crippen MR) is 83.7 cm³/mol. The molecule has 0 aliphatic carbocycles. The SMILES string of the molecule is CCNCc1cc(S(=O)(=O)NCc2ncc(C)s2)cn1C. The van der Waals surface area contributed by atoms with Crippen LogP contribution < -0.4 is 10.0 Å². The van der Waals surface area contributed by atoms with Gasteiger partial charge in [-0.15, -0.1) is 11.3 Å². The van der Waals surface area contributed by atoms with Crippen molar-refractivity contribution < 1.29 is 8.42 Å². The van der Waals surface area contributed by atoms with Crippen LogP contribution in [-0.4, -0.2) is 24.5 Å². The van der Waals surface area contributed by atoms with Gasteiger partial charge in [0.1, 0.15) is 5.01 Å². The molecular weight excluding hydrogens is 308 g/mol. The van der Waals surface area contributed by atoms with Gasteiger partial charge >= 0.3 is 0 Å². The van der Waals surface area contributed by atoms with Crippen molar-refractivity contribution in [2.45, 2.75) is 31.8 Å². The fraction of sp³-hybridized carbons (Fsp3) is 0.462. The number of thiazole rings is 1. The zero-order valence-corrected chi connectivity index (χ0v) is 14.0. The van der Waals surface area contributed by atoms with Crippen molar-refractivity contribution in [1.82, 2.24) is 19.6 Å². The van der Waals surface area contributed by atoms with E-state index in [1.807, 2.05) is 25.5 Å². The standard InChI is InChI=1S/C13H20N4O2S2/c1-4-14-7-11-5-12(9-17(11)3)21(18,19)16-8-13-15-6-10(2)20-13/h5-6,9,14,16H,4,7-8H2,1-3H3. The van der Waals surface area contributed by atoms with E-state index < -0.39 is 10.0 Å². The molecule has 2 rings (SSSR count). The van der Waals surface area contributed by atoms with Crippen LogP contribution in [0.4, 0.5) is 0 Å². The number of aromatic nitrogens is 2. The summed E-state index contributed by atoms with van der Waals surface area (Å²) in [6, 6.07) is 1.69. The van der Waals surface area contributed by atoms with Crippen LogP contribution in [0.2, 0.25) is 0 Å². The van der Waals surface area contributed by atoms with Crippen LogP contribution in [0.5, 0.6) is 0 Å². The van der Waals surface area contributed by atoms with Crippen molar-refractivity contribution in [3.05, 3.63) is 34.0 Å². The third kappa shape index (κ3) is 4.13. The predicted octanol–water partition coefficient (Wildman–Crippen LogP) is 1.38. The summed E-state index contributed by atoms with van der Waals surface area (Å²) in [6.07, 6.45) is 3.37. The molecule has 0 fully saturated rings. The average molecular weight is 328 g/mol. The molecular formula is C13H20N4O2S2. The van der Waals surface area contributed by atoms with E-state index in [4.69, 9.17) is 0 Å². The third-order valence-electron chi connectivity index (χ3n) is 3.03. The van der Waals surface area contributed by atoms with Crippen molar-refractivity contribution in [2.75, 3.05) is 6.54 Å². The summed E-state index contributed by atoms with van der Waals surface area (Å²) in [4.78, 5) is 5.50. The molecule has 0 aliphatic rings. The second-order valence-electron chi connectivity index (χ2n) is 4.75. The number of sulfonamides is 1. The van der Waals surface area contributed by atoms with Crippen molar-refractivity contribution >= 4 is 21.4 Å². The Morgan fingerprint density at radius 1 is 1.38 bits per heavy atom. The van der Waals surface area contributed by atoms with Gasteiger partial charge in [-0.25, -0.2) is 18.1 Å². The van der Waals surface area contributed by atoms with Crippen LogP contribution in [0.25, 0.3) is 0 Å². The van der Waals surface area contributed by atoms with Gasteiger partial charge in [0.2, 0.25) is 10.0 Å². The highest BCUT2D eigenvalue weighted by Crippen LogP contribution is 2.15. The monoisotopic (exact) mass is 328 g/mol. The van der Waals surface area contributed by atoms with E-state index in [2.05, 4.69) is 15.0 Å². The quantitative estimate of drug-likeness (QED) is 0.805. The minimum Gasteiger partial charge on any atom is -0.352 e. The molecule has 2 aromatic heterocycles. The number of aryl methyl sites for hydroxylation is 2. The second-order valence-corrected chi connectivity index (χ2v) is 7.83. The van der Waals surface area contributed by atoms with E-state index in [9.17, 15) is 8.42 Å². The Morgan fingerprint density at radius 3 is 2.76 bits per heavy atom. The summed E-state index contributed by atoms with van der Waals surface area (Å²) in [6.45, 7) is 5.67. The minimum absolute atomic E-state index is 0.221. The lowest BCUT2D eigenvalue weighted by molar-refractivity contribution is 0.581. The first-order valence-corrected chi connectivity index (χ1v) is 8.99. The minimum atomic E-state index is -3.51. The van der Waals surface area contributed by atoms with Gasteiger partial charge < -0.3 is 9.88 Å². The molecule has 0 amide bonds. The van der Waals surface area contributed by atoms with Crippen molar-refractivity contribution in [1.29, 1.82) is 0 Å². The summed E-state index contributed by atoms with van der Waals surface area (Å²) >= 11 is 1.49. The smallest absolute Gasteiger partial charge is 0.242 e. The average Bonchev–Trinajstić information content (AvgIpc) is 3.01. The number of rotatable bonds is 7. The van der Waals surface area contributed by atoms with Crippen molar-refractivity contribution in [3.8, 4) is 0 Å². The van der Waals surface area contributed by atoms with E-state index in [1.54, 1.807) is 18.5 Å². The first kappa shape index (κ1) is 16.2. The van der Waals surface area contributed by atoms with Gasteiger partial charge in [0.15, 0.2) is 0 Å². The fourth-order valence-electron chi connectivity index (χ4n) is 1.88. The topological polar surface area (TPSA) is 76.0 Å². The molecule has 0 aliphatic heterocycles. The number of nitrogens with zero attached hydrogens (tertiary/aromatic N) is 2. The summed E-state index contributed by atoms with van der Waals surface area (Å²) in [5, 5.41) is 3.95. The first-order valence-electron chi connectivity index (χ1n) is 6.69. The van der Waals surface area contributed by atoms with E-state index in [0.717, 1.165) is 22.1 Å². The molecule has 0 atom stereocenters. The van der Waals surface area contributed by atoms with Crippen molar-refractivity contribution in [2.24, 2.45) is 7.05 Å².